The van der Waals surface area contributed by atoms with Crippen molar-refractivity contribution in [3.8, 4) is 11.8 Å². The number of nitrogens with zero attached hydrogens (tertiary/aromatic N) is 1. The molecule has 1 fully saturated rings. The molecule has 0 aliphatic heterocycles. The molecular formula is C18H26N2O. The fourth-order valence-electron chi connectivity index (χ4n) is 3.38. The Morgan fingerprint density at radius 3 is 2.86 bits per heavy atom. The normalized spacial score (nSPS) is 25.0. The SMILES string of the molecule is Cc1ccccc1OCCC1CCCC1(C#N)NC(C)C. The summed E-state index contributed by atoms with van der Waals surface area (Å²) in [4.78, 5) is 0. The van der Waals surface area contributed by atoms with Gasteiger partial charge in [-0.2, -0.15) is 5.26 Å². The zero-order valence-corrected chi connectivity index (χ0v) is 13.4. The van der Waals surface area contributed by atoms with Crippen LogP contribution in [0.1, 0.15) is 45.1 Å². The molecule has 0 spiro atoms. The predicted molar refractivity (Wildman–Crippen MR) is 85.2 cm³/mol. The van der Waals surface area contributed by atoms with Gasteiger partial charge in [-0.1, -0.05) is 24.6 Å². The molecule has 1 N–H and O–H groups in total. The Morgan fingerprint density at radius 2 is 2.19 bits per heavy atom. The Hall–Kier alpha value is -1.53. The van der Waals surface area contributed by atoms with Gasteiger partial charge in [0.05, 0.1) is 12.7 Å². The summed E-state index contributed by atoms with van der Waals surface area (Å²) in [7, 11) is 0. The lowest BCUT2D eigenvalue weighted by atomic mass is 9.85. The predicted octanol–water partition coefficient (Wildman–Crippen LogP) is 3.82. The van der Waals surface area contributed by atoms with E-state index in [2.05, 4.69) is 38.2 Å². The standard InChI is InChI=1S/C18H26N2O/c1-14(2)20-18(13-19)11-6-8-16(18)10-12-21-17-9-5-4-7-15(17)3/h4-5,7,9,14,16,20H,6,8,10-12H2,1-3H3. The van der Waals surface area contributed by atoms with Crippen molar-refractivity contribution < 1.29 is 4.74 Å². The number of rotatable bonds is 6. The summed E-state index contributed by atoms with van der Waals surface area (Å²) >= 11 is 0. The van der Waals surface area contributed by atoms with E-state index in [0.717, 1.165) is 37.0 Å². The summed E-state index contributed by atoms with van der Waals surface area (Å²) in [6.07, 6.45) is 4.13. The fourth-order valence-corrected chi connectivity index (χ4v) is 3.38. The summed E-state index contributed by atoms with van der Waals surface area (Å²) in [6, 6.07) is 11.0. The summed E-state index contributed by atoms with van der Waals surface area (Å²) < 4.78 is 5.90. The second-order valence-corrected chi connectivity index (χ2v) is 6.37. The Bertz CT molecular complexity index is 506. The average molecular weight is 286 g/mol. The van der Waals surface area contributed by atoms with Crippen LogP contribution in [0.4, 0.5) is 0 Å². The number of benzene rings is 1. The van der Waals surface area contributed by atoms with Crippen molar-refractivity contribution in [3.05, 3.63) is 29.8 Å². The van der Waals surface area contributed by atoms with Crippen molar-refractivity contribution in [1.82, 2.24) is 5.32 Å². The first kappa shape index (κ1) is 15.9. The highest BCUT2D eigenvalue weighted by molar-refractivity contribution is 5.31. The van der Waals surface area contributed by atoms with E-state index >= 15 is 0 Å². The molecule has 2 rings (SSSR count). The van der Waals surface area contributed by atoms with Gasteiger partial charge in [-0.3, -0.25) is 5.32 Å². The van der Waals surface area contributed by atoms with Crippen molar-refractivity contribution in [3.63, 3.8) is 0 Å². The molecule has 21 heavy (non-hydrogen) atoms. The third-order valence-corrected chi connectivity index (χ3v) is 4.38. The van der Waals surface area contributed by atoms with Crippen molar-refractivity contribution >= 4 is 0 Å². The van der Waals surface area contributed by atoms with E-state index in [1.54, 1.807) is 0 Å². The molecule has 1 aliphatic rings. The average Bonchev–Trinajstić information content (AvgIpc) is 2.84. The van der Waals surface area contributed by atoms with Crippen molar-refractivity contribution in [2.45, 2.75) is 58.0 Å². The van der Waals surface area contributed by atoms with E-state index in [9.17, 15) is 5.26 Å². The first-order valence-electron chi connectivity index (χ1n) is 7.95. The van der Waals surface area contributed by atoms with Crippen molar-refractivity contribution in [1.29, 1.82) is 5.26 Å². The molecule has 114 valence electrons. The smallest absolute Gasteiger partial charge is 0.122 e. The van der Waals surface area contributed by atoms with E-state index in [4.69, 9.17) is 4.74 Å². The number of ether oxygens (including phenoxy) is 1. The monoisotopic (exact) mass is 286 g/mol. The van der Waals surface area contributed by atoms with Gasteiger partial charge in [0.2, 0.25) is 0 Å². The van der Waals surface area contributed by atoms with Gasteiger partial charge in [0.25, 0.3) is 0 Å². The van der Waals surface area contributed by atoms with Gasteiger partial charge in [-0.05, 0) is 57.6 Å². The lowest BCUT2D eigenvalue weighted by Crippen LogP contribution is -2.50. The van der Waals surface area contributed by atoms with Crippen LogP contribution in [0.3, 0.4) is 0 Å². The number of para-hydroxylation sites is 1. The molecule has 1 aromatic rings. The van der Waals surface area contributed by atoms with E-state index in [1.807, 2.05) is 18.2 Å². The number of nitrogens with one attached hydrogen (secondary N) is 1. The lowest BCUT2D eigenvalue weighted by molar-refractivity contribution is 0.224. The molecule has 3 heteroatoms. The van der Waals surface area contributed by atoms with Crippen LogP contribution >= 0.6 is 0 Å². The summed E-state index contributed by atoms with van der Waals surface area (Å²) in [5, 5.41) is 13.1. The van der Waals surface area contributed by atoms with Crippen LogP contribution < -0.4 is 10.1 Å². The quantitative estimate of drug-likeness (QED) is 0.864. The lowest BCUT2D eigenvalue weighted by Gasteiger charge is -2.32. The van der Waals surface area contributed by atoms with Crippen LogP contribution in [0.25, 0.3) is 0 Å². The first-order valence-corrected chi connectivity index (χ1v) is 7.95. The maximum absolute atomic E-state index is 9.64. The minimum Gasteiger partial charge on any atom is -0.493 e. The molecule has 0 radical (unpaired) electrons. The summed E-state index contributed by atoms with van der Waals surface area (Å²) in [5.74, 6) is 1.34. The molecule has 3 nitrogen and oxygen atoms in total. The highest BCUT2D eigenvalue weighted by Gasteiger charge is 2.43. The molecule has 0 saturated heterocycles. The Balaban J connectivity index is 1.93. The molecule has 2 atom stereocenters. The molecule has 0 amide bonds. The molecule has 0 heterocycles. The topological polar surface area (TPSA) is 45.0 Å². The largest absolute Gasteiger partial charge is 0.493 e. The number of nitriles is 1. The molecule has 0 aromatic heterocycles. The van der Waals surface area contributed by atoms with Crippen LogP contribution in [0.5, 0.6) is 5.75 Å². The third kappa shape index (κ3) is 3.77. The van der Waals surface area contributed by atoms with Gasteiger partial charge in [-0.25, -0.2) is 0 Å². The molecule has 0 bridgehead atoms. The zero-order valence-electron chi connectivity index (χ0n) is 13.4. The highest BCUT2D eigenvalue weighted by atomic mass is 16.5. The van der Waals surface area contributed by atoms with Crippen molar-refractivity contribution in [2.75, 3.05) is 6.61 Å². The number of aryl methyl sites for hydroxylation is 1. The third-order valence-electron chi connectivity index (χ3n) is 4.38. The van der Waals surface area contributed by atoms with Crippen LogP contribution in [-0.4, -0.2) is 18.2 Å². The Morgan fingerprint density at radius 1 is 1.43 bits per heavy atom. The van der Waals surface area contributed by atoms with Gasteiger partial charge in [0, 0.05) is 6.04 Å². The van der Waals surface area contributed by atoms with E-state index < -0.39 is 0 Å². The first-order chi connectivity index (χ1) is 10.1. The molecule has 1 aliphatic carbocycles. The molecule has 1 saturated carbocycles. The second-order valence-electron chi connectivity index (χ2n) is 6.37. The van der Waals surface area contributed by atoms with Gasteiger partial charge < -0.3 is 4.74 Å². The fraction of sp³-hybridized carbons (Fsp3) is 0.611. The minimum absolute atomic E-state index is 0.336. The maximum atomic E-state index is 9.64. The summed E-state index contributed by atoms with van der Waals surface area (Å²) in [5.41, 5.74) is 0.805. The van der Waals surface area contributed by atoms with Gasteiger partial charge >= 0.3 is 0 Å². The van der Waals surface area contributed by atoms with Gasteiger partial charge in [0.15, 0.2) is 0 Å². The van der Waals surface area contributed by atoms with Crippen LogP contribution in [0.15, 0.2) is 24.3 Å². The zero-order chi connectivity index (χ0) is 15.3. The molecule has 2 unspecified atom stereocenters. The Kier molecular flexibility index (Phi) is 5.25. The van der Waals surface area contributed by atoms with Crippen LogP contribution in [-0.2, 0) is 0 Å². The van der Waals surface area contributed by atoms with Gasteiger partial charge in [0.1, 0.15) is 11.3 Å². The van der Waals surface area contributed by atoms with Crippen molar-refractivity contribution in [2.24, 2.45) is 5.92 Å². The van der Waals surface area contributed by atoms with E-state index in [-0.39, 0.29) is 5.54 Å². The van der Waals surface area contributed by atoms with Crippen LogP contribution in [0.2, 0.25) is 0 Å². The maximum Gasteiger partial charge on any atom is 0.122 e. The van der Waals surface area contributed by atoms with E-state index in [1.165, 1.54) is 0 Å². The molecule has 1 aromatic carbocycles. The number of hydrogen-bond acceptors (Lipinski definition) is 3. The Labute approximate surface area is 128 Å². The minimum atomic E-state index is -0.358. The highest BCUT2D eigenvalue weighted by Crippen LogP contribution is 2.38. The van der Waals surface area contributed by atoms with Crippen LogP contribution in [0, 0.1) is 24.2 Å². The molecular weight excluding hydrogens is 260 g/mol. The van der Waals surface area contributed by atoms with Gasteiger partial charge in [-0.15, -0.1) is 0 Å². The summed E-state index contributed by atoms with van der Waals surface area (Å²) in [6.45, 7) is 6.96. The second kappa shape index (κ2) is 6.95. The number of hydrogen-bond donors (Lipinski definition) is 1. The van der Waals surface area contributed by atoms with E-state index in [0.29, 0.717) is 18.6 Å².